The predicted molar refractivity (Wildman–Crippen MR) is 64.9 cm³/mol. The van der Waals surface area contributed by atoms with Crippen LogP contribution < -0.4 is 0 Å². The minimum Gasteiger partial charge on any atom is -0.341 e. The number of rotatable bonds is 2. The summed E-state index contributed by atoms with van der Waals surface area (Å²) in [6.07, 6.45) is 2.56. The highest BCUT2D eigenvalue weighted by Gasteiger charge is 2.51. The molecule has 1 heterocycles. The average molecular weight is 238 g/mol. The van der Waals surface area contributed by atoms with Crippen molar-refractivity contribution < 1.29 is 4.79 Å². The first-order valence-corrected chi connectivity index (χ1v) is 7.01. The standard InChI is InChI=1S/C12H18N2OS/c1-9-5-12(6-9,8-13)11(15)14(2)10-3-4-16-7-10/h9-10H,3-7H2,1-2H3. The highest BCUT2D eigenvalue weighted by Crippen LogP contribution is 2.46. The number of carbonyl (C=O) groups is 1. The van der Waals surface area contributed by atoms with Gasteiger partial charge in [0.1, 0.15) is 5.41 Å². The van der Waals surface area contributed by atoms with Crippen molar-refractivity contribution in [3.05, 3.63) is 0 Å². The molecular formula is C12H18N2OS. The Hall–Kier alpha value is -0.690. The number of thioether (sulfide) groups is 1. The van der Waals surface area contributed by atoms with Crippen molar-refractivity contribution in [2.75, 3.05) is 18.6 Å². The van der Waals surface area contributed by atoms with Gasteiger partial charge in [0.15, 0.2) is 0 Å². The molecule has 16 heavy (non-hydrogen) atoms. The van der Waals surface area contributed by atoms with Crippen LogP contribution in [0.4, 0.5) is 0 Å². The van der Waals surface area contributed by atoms with Crippen molar-refractivity contribution in [3.63, 3.8) is 0 Å². The zero-order valence-electron chi connectivity index (χ0n) is 9.90. The molecule has 0 spiro atoms. The van der Waals surface area contributed by atoms with Crippen LogP contribution in [0.15, 0.2) is 0 Å². The first-order chi connectivity index (χ1) is 7.59. The summed E-state index contributed by atoms with van der Waals surface area (Å²) < 4.78 is 0. The van der Waals surface area contributed by atoms with Gasteiger partial charge in [0, 0.05) is 18.8 Å². The lowest BCUT2D eigenvalue weighted by atomic mass is 9.62. The molecule has 1 saturated heterocycles. The molecule has 4 heteroatoms. The molecule has 1 saturated carbocycles. The lowest BCUT2D eigenvalue weighted by Gasteiger charge is -2.42. The largest absolute Gasteiger partial charge is 0.341 e. The first-order valence-electron chi connectivity index (χ1n) is 5.85. The number of hydrogen-bond acceptors (Lipinski definition) is 3. The van der Waals surface area contributed by atoms with Crippen LogP contribution in [0.1, 0.15) is 26.2 Å². The fourth-order valence-corrected chi connectivity index (χ4v) is 4.04. The summed E-state index contributed by atoms with van der Waals surface area (Å²) in [5.74, 6) is 2.74. The molecule has 0 aromatic carbocycles. The fourth-order valence-electron chi connectivity index (χ4n) is 2.77. The number of hydrogen-bond donors (Lipinski definition) is 0. The molecule has 2 aliphatic rings. The molecule has 1 aliphatic carbocycles. The van der Waals surface area contributed by atoms with E-state index >= 15 is 0 Å². The van der Waals surface area contributed by atoms with Crippen LogP contribution in [-0.4, -0.2) is 35.4 Å². The minimum absolute atomic E-state index is 0.0561. The average Bonchev–Trinajstić information content (AvgIpc) is 2.75. The third kappa shape index (κ3) is 1.82. The van der Waals surface area contributed by atoms with Crippen LogP contribution in [0.5, 0.6) is 0 Å². The summed E-state index contributed by atoms with van der Waals surface area (Å²) in [6, 6.07) is 2.60. The van der Waals surface area contributed by atoms with Crippen LogP contribution >= 0.6 is 11.8 Å². The molecule has 0 aromatic heterocycles. The van der Waals surface area contributed by atoms with Crippen molar-refractivity contribution in [1.82, 2.24) is 4.90 Å². The van der Waals surface area contributed by atoms with E-state index in [1.165, 1.54) is 0 Å². The maximum atomic E-state index is 12.3. The maximum Gasteiger partial charge on any atom is 0.243 e. The van der Waals surface area contributed by atoms with Gasteiger partial charge >= 0.3 is 0 Å². The minimum atomic E-state index is -0.693. The van der Waals surface area contributed by atoms with Gasteiger partial charge in [0.05, 0.1) is 6.07 Å². The predicted octanol–water partition coefficient (Wildman–Crippen LogP) is 1.89. The normalized spacial score (nSPS) is 37.6. The van der Waals surface area contributed by atoms with Crippen LogP contribution in [0.3, 0.4) is 0 Å². The number of amides is 1. The van der Waals surface area contributed by atoms with E-state index in [1.807, 2.05) is 23.7 Å². The Kier molecular flexibility index (Phi) is 3.16. The molecule has 0 radical (unpaired) electrons. The van der Waals surface area contributed by atoms with Gasteiger partial charge in [-0.3, -0.25) is 4.79 Å². The van der Waals surface area contributed by atoms with Gasteiger partial charge < -0.3 is 4.90 Å². The molecule has 1 unspecified atom stereocenters. The molecule has 0 aromatic rings. The van der Waals surface area contributed by atoms with Crippen LogP contribution in [-0.2, 0) is 4.79 Å². The van der Waals surface area contributed by atoms with Crippen molar-refractivity contribution in [2.24, 2.45) is 11.3 Å². The molecule has 1 amide bonds. The van der Waals surface area contributed by atoms with E-state index in [0.717, 1.165) is 30.8 Å². The SMILES string of the molecule is CC1CC(C#N)(C(=O)N(C)C2CCSC2)C1. The molecule has 1 atom stereocenters. The van der Waals surface area contributed by atoms with E-state index in [0.29, 0.717) is 12.0 Å². The zero-order chi connectivity index (χ0) is 11.8. The number of nitriles is 1. The molecule has 2 rings (SSSR count). The lowest BCUT2D eigenvalue weighted by molar-refractivity contribution is -0.145. The Labute approximate surface area is 101 Å². The highest BCUT2D eigenvalue weighted by molar-refractivity contribution is 7.99. The van der Waals surface area contributed by atoms with Gasteiger partial charge in [-0.05, 0) is 30.9 Å². The maximum absolute atomic E-state index is 12.3. The van der Waals surface area contributed by atoms with Crippen LogP contribution in [0.2, 0.25) is 0 Å². The summed E-state index contributed by atoms with van der Waals surface area (Å²) >= 11 is 1.90. The van der Waals surface area contributed by atoms with Gasteiger partial charge in [-0.25, -0.2) is 0 Å². The van der Waals surface area contributed by atoms with Gasteiger partial charge in [-0.15, -0.1) is 0 Å². The topological polar surface area (TPSA) is 44.1 Å². The summed E-state index contributed by atoms with van der Waals surface area (Å²) in [5, 5.41) is 9.21. The van der Waals surface area contributed by atoms with Crippen LogP contribution in [0.25, 0.3) is 0 Å². The monoisotopic (exact) mass is 238 g/mol. The molecule has 88 valence electrons. The van der Waals surface area contributed by atoms with E-state index in [1.54, 1.807) is 0 Å². The van der Waals surface area contributed by atoms with Gasteiger partial charge in [-0.1, -0.05) is 6.92 Å². The number of carbonyl (C=O) groups excluding carboxylic acids is 1. The van der Waals surface area contributed by atoms with Crippen LogP contribution in [0, 0.1) is 22.7 Å². The van der Waals surface area contributed by atoms with Crippen molar-refractivity contribution in [1.29, 1.82) is 5.26 Å². The Morgan fingerprint density at radius 2 is 2.25 bits per heavy atom. The Bertz CT molecular complexity index is 324. The summed E-state index contributed by atoms with van der Waals surface area (Å²) in [4.78, 5) is 14.1. The van der Waals surface area contributed by atoms with Gasteiger partial charge in [0.2, 0.25) is 5.91 Å². The molecule has 3 nitrogen and oxygen atoms in total. The zero-order valence-corrected chi connectivity index (χ0v) is 10.7. The van der Waals surface area contributed by atoms with Crippen molar-refractivity contribution >= 4 is 17.7 Å². The summed E-state index contributed by atoms with van der Waals surface area (Å²) in [6.45, 7) is 2.11. The van der Waals surface area contributed by atoms with E-state index in [-0.39, 0.29) is 5.91 Å². The third-order valence-electron chi connectivity index (χ3n) is 3.79. The Balaban J connectivity index is 2.03. The third-order valence-corrected chi connectivity index (χ3v) is 4.94. The summed E-state index contributed by atoms with van der Waals surface area (Å²) in [7, 11) is 1.86. The van der Waals surface area contributed by atoms with E-state index in [9.17, 15) is 10.1 Å². The van der Waals surface area contributed by atoms with E-state index in [4.69, 9.17) is 0 Å². The summed E-state index contributed by atoms with van der Waals surface area (Å²) in [5.41, 5.74) is -0.693. The second-order valence-electron chi connectivity index (χ2n) is 5.14. The van der Waals surface area contributed by atoms with E-state index < -0.39 is 5.41 Å². The Morgan fingerprint density at radius 1 is 1.56 bits per heavy atom. The van der Waals surface area contributed by atoms with Crippen molar-refractivity contribution in [2.45, 2.75) is 32.2 Å². The molecule has 0 bridgehead atoms. The van der Waals surface area contributed by atoms with Gasteiger partial charge in [0.25, 0.3) is 0 Å². The molecule has 2 fully saturated rings. The molecule has 1 aliphatic heterocycles. The first kappa shape index (κ1) is 11.8. The smallest absolute Gasteiger partial charge is 0.243 e. The quantitative estimate of drug-likeness (QED) is 0.738. The second-order valence-corrected chi connectivity index (χ2v) is 6.29. The highest BCUT2D eigenvalue weighted by atomic mass is 32.2. The lowest BCUT2D eigenvalue weighted by Crippen LogP contribution is -2.51. The fraction of sp³-hybridized carbons (Fsp3) is 0.833. The molecular weight excluding hydrogens is 220 g/mol. The van der Waals surface area contributed by atoms with Crippen molar-refractivity contribution in [3.8, 4) is 6.07 Å². The molecule has 0 N–H and O–H groups in total. The second kappa shape index (κ2) is 4.29. The van der Waals surface area contributed by atoms with Gasteiger partial charge in [-0.2, -0.15) is 17.0 Å². The Morgan fingerprint density at radius 3 is 2.69 bits per heavy atom. The van der Waals surface area contributed by atoms with E-state index in [2.05, 4.69) is 13.0 Å². The number of nitrogens with zero attached hydrogens (tertiary/aromatic N) is 2.